The second-order valence-corrected chi connectivity index (χ2v) is 6.76. The number of hydrogen-bond acceptors (Lipinski definition) is 4. The molecule has 5 nitrogen and oxygen atoms in total. The van der Waals surface area contributed by atoms with Gasteiger partial charge in [-0.1, -0.05) is 6.07 Å². The van der Waals surface area contributed by atoms with E-state index in [0.717, 1.165) is 16.4 Å². The molecule has 106 valence electrons. The molecule has 0 fully saturated rings. The molecule has 0 bridgehead atoms. The Kier molecular flexibility index (Phi) is 3.96. The van der Waals surface area contributed by atoms with Crippen LogP contribution in [0, 0.1) is 5.82 Å². The molecule has 0 aliphatic heterocycles. The summed E-state index contributed by atoms with van der Waals surface area (Å²) in [5, 5.41) is 0. The molecule has 0 saturated heterocycles. The summed E-state index contributed by atoms with van der Waals surface area (Å²) >= 11 is 3.04. The van der Waals surface area contributed by atoms with Gasteiger partial charge in [-0.15, -0.1) is 0 Å². The summed E-state index contributed by atoms with van der Waals surface area (Å²) in [7, 11) is -2.52. The Balaban J connectivity index is 2.54. The fraction of sp³-hybridized carbons (Fsp3) is 0.0833. The predicted octanol–water partition coefficient (Wildman–Crippen LogP) is 2.39. The zero-order valence-electron chi connectivity index (χ0n) is 10.4. The van der Waals surface area contributed by atoms with E-state index in [1.54, 1.807) is 18.2 Å². The number of hydrogen-bond donors (Lipinski definition) is 1. The average Bonchev–Trinajstić information content (AvgIpc) is 2.42. The van der Waals surface area contributed by atoms with Gasteiger partial charge in [-0.05, 0) is 40.2 Å². The van der Waals surface area contributed by atoms with E-state index in [0.29, 0.717) is 0 Å². The third-order valence-corrected chi connectivity index (χ3v) is 5.38. The van der Waals surface area contributed by atoms with Crippen molar-refractivity contribution in [2.45, 2.75) is 4.90 Å². The topological polar surface area (TPSA) is 76.3 Å². The van der Waals surface area contributed by atoms with Crippen LogP contribution in [0.15, 0.2) is 45.9 Å². The van der Waals surface area contributed by atoms with Crippen LogP contribution in [0.3, 0.4) is 0 Å². The molecule has 0 radical (unpaired) electrons. The highest BCUT2D eigenvalue weighted by atomic mass is 79.9. The number of nitrogens with zero attached hydrogens (tertiary/aromatic N) is 2. The first-order valence-corrected chi connectivity index (χ1v) is 7.72. The maximum absolute atomic E-state index is 13.3. The fourth-order valence-electron chi connectivity index (χ4n) is 1.55. The number of aromatic nitrogens is 1. The zero-order valence-corrected chi connectivity index (χ0v) is 12.8. The van der Waals surface area contributed by atoms with E-state index in [2.05, 4.69) is 20.9 Å². The van der Waals surface area contributed by atoms with Crippen molar-refractivity contribution in [1.29, 1.82) is 0 Å². The number of sulfonamides is 1. The fourth-order valence-corrected chi connectivity index (χ4v) is 3.71. The van der Waals surface area contributed by atoms with Gasteiger partial charge in [0.1, 0.15) is 16.5 Å². The minimum atomic E-state index is -3.88. The minimum Gasteiger partial charge on any atom is -0.396 e. The van der Waals surface area contributed by atoms with Gasteiger partial charge in [0.15, 0.2) is 0 Å². The monoisotopic (exact) mass is 359 g/mol. The minimum absolute atomic E-state index is 0.104. The van der Waals surface area contributed by atoms with E-state index in [4.69, 9.17) is 5.73 Å². The molecule has 0 spiro atoms. The molecule has 1 aromatic carbocycles. The molecule has 0 amide bonds. The van der Waals surface area contributed by atoms with Gasteiger partial charge in [0.05, 0.1) is 5.69 Å². The van der Waals surface area contributed by atoms with Gasteiger partial charge in [-0.25, -0.2) is 17.8 Å². The predicted molar refractivity (Wildman–Crippen MR) is 78.3 cm³/mol. The highest BCUT2D eigenvalue weighted by Crippen LogP contribution is 2.30. The highest BCUT2D eigenvalue weighted by molar-refractivity contribution is 9.10. The molecule has 1 aromatic heterocycles. The van der Waals surface area contributed by atoms with Crippen LogP contribution < -0.4 is 10.0 Å². The quantitative estimate of drug-likeness (QED) is 0.853. The first kappa shape index (κ1) is 14.7. The number of nitrogens with two attached hydrogens (primary N) is 1. The summed E-state index contributed by atoms with van der Waals surface area (Å²) in [5.74, 6) is -0.432. The van der Waals surface area contributed by atoms with Crippen LogP contribution in [-0.2, 0) is 10.0 Å². The summed E-state index contributed by atoms with van der Waals surface area (Å²) in [6.45, 7) is 0. The molecule has 2 rings (SSSR count). The standard InChI is InChI=1S/C12H11BrFN3O2S/c1-17(12-4-2-3-5-16-12)20(18,19)11-7-10(15)9(14)6-8(11)13/h2-7H,15H2,1H3. The summed E-state index contributed by atoms with van der Waals surface area (Å²) in [5.41, 5.74) is 5.20. The Morgan fingerprint density at radius 2 is 2.05 bits per heavy atom. The van der Waals surface area contributed by atoms with Crippen LogP contribution in [0.5, 0.6) is 0 Å². The maximum Gasteiger partial charge on any atom is 0.266 e. The van der Waals surface area contributed by atoms with Crippen LogP contribution in [0.25, 0.3) is 0 Å². The number of anilines is 2. The van der Waals surface area contributed by atoms with E-state index < -0.39 is 15.8 Å². The number of rotatable bonds is 3. The van der Waals surface area contributed by atoms with Gasteiger partial charge in [0.25, 0.3) is 10.0 Å². The van der Waals surface area contributed by atoms with Crippen LogP contribution in [0.2, 0.25) is 0 Å². The second kappa shape index (κ2) is 5.37. The Hall–Kier alpha value is -1.67. The number of nitrogen functional groups attached to an aromatic ring is 1. The Morgan fingerprint density at radius 1 is 1.35 bits per heavy atom. The molecular formula is C12H11BrFN3O2S. The molecule has 8 heteroatoms. The lowest BCUT2D eigenvalue weighted by Crippen LogP contribution is -2.27. The maximum atomic E-state index is 13.3. The molecule has 2 aromatic rings. The Morgan fingerprint density at radius 3 is 2.65 bits per heavy atom. The SMILES string of the molecule is CN(c1ccccn1)S(=O)(=O)c1cc(N)c(F)cc1Br. The van der Waals surface area contributed by atoms with Crippen molar-refractivity contribution in [2.24, 2.45) is 0 Å². The van der Waals surface area contributed by atoms with Crippen LogP contribution in [0.4, 0.5) is 15.9 Å². The van der Waals surface area contributed by atoms with Gasteiger partial charge >= 0.3 is 0 Å². The number of benzene rings is 1. The van der Waals surface area contributed by atoms with Gasteiger partial charge in [-0.3, -0.25) is 4.31 Å². The third kappa shape index (κ3) is 2.61. The van der Waals surface area contributed by atoms with Crippen molar-refractivity contribution in [1.82, 2.24) is 4.98 Å². The summed E-state index contributed by atoms with van der Waals surface area (Å²) in [4.78, 5) is 3.85. The summed E-state index contributed by atoms with van der Waals surface area (Å²) in [6.07, 6.45) is 1.48. The van der Waals surface area contributed by atoms with E-state index in [-0.39, 0.29) is 20.9 Å². The Labute approximate surface area is 124 Å². The van der Waals surface area contributed by atoms with E-state index in [1.807, 2.05) is 0 Å². The van der Waals surface area contributed by atoms with Crippen LogP contribution in [0.1, 0.15) is 0 Å². The van der Waals surface area contributed by atoms with E-state index in [1.165, 1.54) is 13.2 Å². The van der Waals surface area contributed by atoms with Crippen molar-refractivity contribution < 1.29 is 12.8 Å². The second-order valence-electron chi connectivity index (χ2n) is 3.96. The zero-order chi connectivity index (χ0) is 14.9. The van der Waals surface area contributed by atoms with Crippen molar-refractivity contribution in [3.05, 3.63) is 46.8 Å². The highest BCUT2D eigenvalue weighted by Gasteiger charge is 2.25. The molecule has 0 aliphatic rings. The first-order valence-electron chi connectivity index (χ1n) is 5.48. The summed E-state index contributed by atoms with van der Waals surface area (Å²) in [6, 6.07) is 7.00. The largest absolute Gasteiger partial charge is 0.396 e. The smallest absolute Gasteiger partial charge is 0.266 e. The van der Waals surface area contributed by atoms with Gasteiger partial charge in [0, 0.05) is 17.7 Å². The van der Waals surface area contributed by atoms with Crippen molar-refractivity contribution >= 4 is 37.5 Å². The lowest BCUT2D eigenvalue weighted by Gasteiger charge is -2.19. The molecule has 0 saturated carbocycles. The molecular weight excluding hydrogens is 349 g/mol. The van der Waals surface area contributed by atoms with E-state index >= 15 is 0 Å². The Bertz CT molecular complexity index is 738. The first-order chi connectivity index (χ1) is 9.34. The molecule has 20 heavy (non-hydrogen) atoms. The van der Waals surface area contributed by atoms with Gasteiger partial charge < -0.3 is 5.73 Å². The molecule has 0 unspecified atom stereocenters. The third-order valence-electron chi connectivity index (χ3n) is 2.66. The average molecular weight is 360 g/mol. The molecule has 0 aliphatic carbocycles. The van der Waals surface area contributed by atoms with Gasteiger partial charge in [0.2, 0.25) is 0 Å². The van der Waals surface area contributed by atoms with Crippen molar-refractivity contribution in [3.8, 4) is 0 Å². The van der Waals surface area contributed by atoms with Crippen LogP contribution in [-0.4, -0.2) is 20.4 Å². The molecule has 0 atom stereocenters. The number of halogens is 2. The van der Waals surface area contributed by atoms with E-state index in [9.17, 15) is 12.8 Å². The van der Waals surface area contributed by atoms with Gasteiger partial charge in [-0.2, -0.15) is 0 Å². The number of pyridine rings is 1. The normalized spacial score (nSPS) is 11.3. The van der Waals surface area contributed by atoms with Crippen molar-refractivity contribution in [3.63, 3.8) is 0 Å². The molecule has 2 N–H and O–H groups in total. The lowest BCUT2D eigenvalue weighted by atomic mass is 10.3. The lowest BCUT2D eigenvalue weighted by molar-refractivity contribution is 0.592. The van der Waals surface area contributed by atoms with Crippen molar-refractivity contribution in [2.75, 3.05) is 17.1 Å². The van der Waals surface area contributed by atoms with Crippen LogP contribution >= 0.6 is 15.9 Å². The molecule has 1 heterocycles. The summed E-state index contributed by atoms with van der Waals surface area (Å²) < 4.78 is 39.4.